The third-order valence-electron chi connectivity index (χ3n) is 3.84. The lowest BCUT2D eigenvalue weighted by Crippen LogP contribution is -2.47. The Morgan fingerprint density at radius 2 is 2.18 bits per heavy atom. The zero-order chi connectivity index (χ0) is 12.6. The maximum absolute atomic E-state index is 12.4. The summed E-state index contributed by atoms with van der Waals surface area (Å²) in [6, 6.07) is 0.293. The highest BCUT2D eigenvalue weighted by Crippen LogP contribution is 2.43. The fourth-order valence-electron chi connectivity index (χ4n) is 2.93. The van der Waals surface area contributed by atoms with Crippen LogP contribution in [-0.2, 0) is 4.79 Å². The molecule has 1 amide bonds. The van der Waals surface area contributed by atoms with E-state index in [1.54, 1.807) is 0 Å². The van der Waals surface area contributed by atoms with Crippen molar-refractivity contribution in [2.75, 3.05) is 20.6 Å². The summed E-state index contributed by atoms with van der Waals surface area (Å²) < 4.78 is 0. The Kier molecular flexibility index (Phi) is 3.46. The molecule has 0 bridgehead atoms. The summed E-state index contributed by atoms with van der Waals surface area (Å²) in [4.78, 5) is 16.7. The van der Waals surface area contributed by atoms with E-state index in [0.29, 0.717) is 11.9 Å². The van der Waals surface area contributed by atoms with Gasteiger partial charge >= 0.3 is 0 Å². The van der Waals surface area contributed by atoms with Gasteiger partial charge in [-0.3, -0.25) is 10.1 Å². The Hall–Kier alpha value is -0.610. The number of amides is 1. The van der Waals surface area contributed by atoms with Crippen molar-refractivity contribution in [1.29, 1.82) is 0 Å². The normalized spacial score (nSPS) is 28.2. The zero-order valence-electron chi connectivity index (χ0n) is 11.5. The van der Waals surface area contributed by atoms with Crippen LogP contribution in [0.2, 0.25) is 0 Å². The second kappa shape index (κ2) is 4.58. The Morgan fingerprint density at radius 1 is 1.53 bits per heavy atom. The summed E-state index contributed by atoms with van der Waals surface area (Å²) in [6.07, 6.45) is 4.48. The summed E-state index contributed by atoms with van der Waals surface area (Å²) in [5.74, 6) is 0.338. The summed E-state index contributed by atoms with van der Waals surface area (Å²) >= 11 is 0. The molecule has 2 fully saturated rings. The lowest BCUT2D eigenvalue weighted by molar-refractivity contribution is -0.133. The zero-order valence-corrected chi connectivity index (χ0v) is 11.5. The van der Waals surface area contributed by atoms with Gasteiger partial charge in [-0.2, -0.15) is 0 Å². The van der Waals surface area contributed by atoms with Crippen molar-refractivity contribution in [3.05, 3.63) is 0 Å². The Balaban J connectivity index is 2.08. The van der Waals surface area contributed by atoms with E-state index in [1.165, 1.54) is 0 Å². The molecular weight excluding hydrogens is 214 g/mol. The predicted octanol–water partition coefficient (Wildman–Crippen LogP) is 1.03. The van der Waals surface area contributed by atoms with Crippen LogP contribution in [0.15, 0.2) is 0 Å². The molecule has 1 saturated heterocycles. The Labute approximate surface area is 104 Å². The van der Waals surface area contributed by atoms with Crippen LogP contribution in [0.25, 0.3) is 0 Å². The maximum atomic E-state index is 12.4. The van der Waals surface area contributed by atoms with Gasteiger partial charge in [-0.15, -0.1) is 0 Å². The summed E-state index contributed by atoms with van der Waals surface area (Å²) in [7, 11) is 4.12. The first kappa shape index (κ1) is 12.8. The van der Waals surface area contributed by atoms with Crippen LogP contribution in [0, 0.1) is 0 Å². The molecule has 2 unspecified atom stereocenters. The van der Waals surface area contributed by atoms with Gasteiger partial charge in [0.2, 0.25) is 5.91 Å². The second-order valence-corrected chi connectivity index (χ2v) is 5.85. The van der Waals surface area contributed by atoms with E-state index in [1.807, 2.05) is 0 Å². The number of carbonyl (C=O) groups is 1. The van der Waals surface area contributed by atoms with Gasteiger partial charge in [-0.1, -0.05) is 13.3 Å². The van der Waals surface area contributed by atoms with Crippen LogP contribution in [0.3, 0.4) is 0 Å². The molecule has 1 N–H and O–H groups in total. The third kappa shape index (κ3) is 2.33. The first-order valence-electron chi connectivity index (χ1n) is 6.75. The van der Waals surface area contributed by atoms with E-state index in [2.05, 4.69) is 43.1 Å². The Morgan fingerprint density at radius 3 is 2.65 bits per heavy atom. The quantitative estimate of drug-likeness (QED) is 0.778. The monoisotopic (exact) mass is 239 g/mol. The average Bonchev–Trinajstić information content (AvgIpc) is 2.92. The fraction of sp³-hybridized carbons (Fsp3) is 0.923. The smallest absolute Gasteiger partial charge is 0.244 e. The van der Waals surface area contributed by atoms with Crippen molar-refractivity contribution in [3.8, 4) is 0 Å². The van der Waals surface area contributed by atoms with Gasteiger partial charge < -0.3 is 9.80 Å². The van der Waals surface area contributed by atoms with Crippen molar-refractivity contribution in [3.63, 3.8) is 0 Å². The molecule has 98 valence electrons. The van der Waals surface area contributed by atoms with Gasteiger partial charge in [0.05, 0.1) is 11.7 Å². The van der Waals surface area contributed by atoms with Crippen LogP contribution in [0.1, 0.15) is 39.5 Å². The number of carbonyl (C=O) groups excluding carboxylic acids is 1. The minimum absolute atomic E-state index is 0.166. The molecule has 0 radical (unpaired) electrons. The van der Waals surface area contributed by atoms with Crippen molar-refractivity contribution in [2.45, 2.75) is 57.3 Å². The number of likely N-dealkylation sites (N-methyl/N-ethyl adjacent to an activating group) is 1. The summed E-state index contributed by atoms with van der Waals surface area (Å²) in [6.45, 7) is 5.27. The molecule has 17 heavy (non-hydrogen) atoms. The SMILES string of the molecule is CCCC1NC2(CC2)C(=O)N1C(C)CN(C)C. The van der Waals surface area contributed by atoms with Gasteiger partial charge in [0.1, 0.15) is 0 Å². The van der Waals surface area contributed by atoms with Crippen LogP contribution >= 0.6 is 0 Å². The first-order chi connectivity index (χ1) is 8.00. The molecule has 2 rings (SSSR count). The number of rotatable bonds is 5. The van der Waals surface area contributed by atoms with Gasteiger partial charge in [0.15, 0.2) is 0 Å². The van der Waals surface area contributed by atoms with Crippen LogP contribution in [0.4, 0.5) is 0 Å². The molecule has 4 heteroatoms. The highest BCUT2D eigenvalue weighted by Gasteiger charge is 2.59. The molecule has 2 atom stereocenters. The highest BCUT2D eigenvalue weighted by atomic mass is 16.2. The van der Waals surface area contributed by atoms with Crippen LogP contribution in [-0.4, -0.2) is 54.1 Å². The second-order valence-electron chi connectivity index (χ2n) is 5.85. The highest BCUT2D eigenvalue weighted by molar-refractivity contribution is 5.92. The number of hydrogen-bond donors (Lipinski definition) is 1. The van der Waals surface area contributed by atoms with E-state index in [4.69, 9.17) is 0 Å². The molecule has 1 aliphatic heterocycles. The van der Waals surface area contributed by atoms with Gasteiger partial charge in [0, 0.05) is 12.6 Å². The molecule has 0 aromatic carbocycles. The van der Waals surface area contributed by atoms with E-state index in [0.717, 1.165) is 32.2 Å². The Bertz CT molecular complexity index is 299. The molecule has 1 saturated carbocycles. The molecular formula is C13H25N3O. The standard InChI is InChI=1S/C13H25N3O/c1-5-6-11-14-13(7-8-13)12(17)16(11)10(2)9-15(3)4/h10-11,14H,5-9H2,1-4H3. The molecule has 0 aromatic heterocycles. The molecule has 1 aliphatic carbocycles. The van der Waals surface area contributed by atoms with E-state index < -0.39 is 0 Å². The predicted molar refractivity (Wildman–Crippen MR) is 68.7 cm³/mol. The van der Waals surface area contributed by atoms with E-state index >= 15 is 0 Å². The van der Waals surface area contributed by atoms with Crippen molar-refractivity contribution in [1.82, 2.24) is 15.1 Å². The molecule has 4 nitrogen and oxygen atoms in total. The van der Waals surface area contributed by atoms with Crippen LogP contribution in [0.5, 0.6) is 0 Å². The maximum Gasteiger partial charge on any atom is 0.244 e. The van der Waals surface area contributed by atoms with Gasteiger partial charge in [-0.05, 0) is 40.3 Å². The van der Waals surface area contributed by atoms with Gasteiger partial charge in [-0.25, -0.2) is 0 Å². The minimum atomic E-state index is -0.166. The van der Waals surface area contributed by atoms with Crippen molar-refractivity contribution < 1.29 is 4.79 Å². The lowest BCUT2D eigenvalue weighted by Gasteiger charge is -2.32. The van der Waals surface area contributed by atoms with Crippen molar-refractivity contribution >= 4 is 5.91 Å². The van der Waals surface area contributed by atoms with Crippen LogP contribution < -0.4 is 5.32 Å². The lowest BCUT2D eigenvalue weighted by atomic mass is 10.2. The molecule has 1 spiro atoms. The summed E-state index contributed by atoms with van der Waals surface area (Å²) in [5.41, 5.74) is -0.166. The van der Waals surface area contributed by atoms with Crippen molar-refractivity contribution in [2.24, 2.45) is 0 Å². The molecule has 2 aliphatic rings. The number of hydrogen-bond acceptors (Lipinski definition) is 3. The summed E-state index contributed by atoms with van der Waals surface area (Å²) in [5, 5.41) is 3.55. The fourth-order valence-corrected chi connectivity index (χ4v) is 2.93. The van der Waals surface area contributed by atoms with Gasteiger partial charge in [0.25, 0.3) is 0 Å². The van der Waals surface area contributed by atoms with E-state index in [-0.39, 0.29) is 11.7 Å². The average molecular weight is 239 g/mol. The molecule has 1 heterocycles. The van der Waals surface area contributed by atoms with E-state index in [9.17, 15) is 4.79 Å². The third-order valence-corrected chi connectivity index (χ3v) is 3.84. The first-order valence-corrected chi connectivity index (χ1v) is 6.75. The minimum Gasteiger partial charge on any atom is -0.322 e. The largest absolute Gasteiger partial charge is 0.322 e. The topological polar surface area (TPSA) is 35.6 Å². The number of nitrogens with zero attached hydrogens (tertiary/aromatic N) is 2. The molecule has 0 aromatic rings. The number of nitrogens with one attached hydrogen (secondary N) is 1.